The van der Waals surface area contributed by atoms with Crippen molar-refractivity contribution in [1.82, 2.24) is 0 Å². The number of rotatable bonds is 8. The van der Waals surface area contributed by atoms with E-state index in [0.29, 0.717) is 5.56 Å². The van der Waals surface area contributed by atoms with Crippen molar-refractivity contribution in [3.63, 3.8) is 0 Å². The SMILES string of the molecule is OC[C@H]1O[C@@H](Oc2c(C=Cc3ccc(O)cc3)cc(O)cc2O[C@@H]2O[C@H](CO)[C@@H](O)[C@@H](O)[C@H]2O)[C@H](O)[C@H](O)[C@H]1O. The number of aliphatic hydroxyl groups is 8. The van der Waals surface area contributed by atoms with Gasteiger partial charge in [0.1, 0.15) is 60.3 Å². The van der Waals surface area contributed by atoms with E-state index in [4.69, 9.17) is 18.9 Å². The van der Waals surface area contributed by atoms with Crippen LogP contribution >= 0.6 is 0 Å². The zero-order chi connectivity index (χ0) is 29.1. The molecular weight excluding hydrogens is 536 g/mol. The molecule has 2 aromatic carbocycles. The van der Waals surface area contributed by atoms with Crippen LogP contribution in [-0.2, 0) is 9.47 Å². The standard InChI is InChI=1S/C26H32O14/c27-9-16-18(31)20(33)22(35)25(38-16)37-15-8-14(30)7-12(4-1-11-2-5-13(29)6-3-11)24(15)40-26-23(36)21(34)19(32)17(10-28)39-26/h1-8,16-23,25-36H,9-10H2/t16-,17-,18-,19+,20-,21-,22-,23-,25-,26+/m1/s1. The number of hydrogen-bond donors (Lipinski definition) is 10. The van der Waals surface area contributed by atoms with Gasteiger partial charge in [-0.2, -0.15) is 0 Å². The first-order valence-electron chi connectivity index (χ1n) is 12.3. The second kappa shape index (κ2) is 12.7. The average Bonchev–Trinajstić information content (AvgIpc) is 2.94. The highest BCUT2D eigenvalue weighted by atomic mass is 16.7. The van der Waals surface area contributed by atoms with E-state index < -0.39 is 74.6 Å². The molecule has 10 N–H and O–H groups in total. The minimum Gasteiger partial charge on any atom is -0.508 e. The maximum Gasteiger partial charge on any atom is 0.229 e. The first-order valence-corrected chi connectivity index (χ1v) is 12.3. The summed E-state index contributed by atoms with van der Waals surface area (Å²) in [5, 5.41) is 100. The predicted molar refractivity (Wildman–Crippen MR) is 134 cm³/mol. The molecule has 0 aromatic heterocycles. The van der Waals surface area contributed by atoms with Crippen LogP contribution in [0.25, 0.3) is 12.2 Å². The van der Waals surface area contributed by atoms with Gasteiger partial charge in [0.05, 0.1) is 13.2 Å². The molecule has 40 heavy (non-hydrogen) atoms. The van der Waals surface area contributed by atoms with Crippen LogP contribution in [0, 0.1) is 0 Å². The lowest BCUT2D eigenvalue weighted by Gasteiger charge is -2.41. The van der Waals surface area contributed by atoms with Gasteiger partial charge in [0.15, 0.2) is 11.5 Å². The maximum absolute atomic E-state index is 10.5. The summed E-state index contributed by atoms with van der Waals surface area (Å²) in [6.45, 7) is -1.44. The molecule has 0 unspecified atom stereocenters. The minimum absolute atomic E-state index is 0.0383. The molecule has 2 aliphatic heterocycles. The first kappa shape index (κ1) is 30.0. The Kier molecular flexibility index (Phi) is 9.48. The third-order valence-electron chi connectivity index (χ3n) is 6.59. The molecule has 0 radical (unpaired) electrons. The lowest BCUT2D eigenvalue weighted by atomic mass is 9.99. The summed E-state index contributed by atoms with van der Waals surface area (Å²) >= 11 is 0. The Hall–Kier alpha value is -3.02. The fraction of sp³-hybridized carbons (Fsp3) is 0.462. The van der Waals surface area contributed by atoms with Gasteiger partial charge in [-0.15, -0.1) is 0 Å². The van der Waals surface area contributed by atoms with Gasteiger partial charge in [0.2, 0.25) is 12.6 Å². The molecule has 2 aromatic rings. The zero-order valence-corrected chi connectivity index (χ0v) is 20.9. The molecule has 10 atom stereocenters. The number of aliphatic hydroxyl groups excluding tert-OH is 8. The van der Waals surface area contributed by atoms with Gasteiger partial charge >= 0.3 is 0 Å². The number of benzene rings is 2. The van der Waals surface area contributed by atoms with E-state index in [-0.39, 0.29) is 28.6 Å². The van der Waals surface area contributed by atoms with Crippen molar-refractivity contribution in [1.29, 1.82) is 0 Å². The summed E-state index contributed by atoms with van der Waals surface area (Å²) in [6, 6.07) is 8.38. The predicted octanol–water partition coefficient (Wildman–Crippen LogP) is -2.37. The fourth-order valence-corrected chi connectivity index (χ4v) is 4.29. The van der Waals surface area contributed by atoms with Gasteiger partial charge in [0, 0.05) is 11.6 Å². The molecule has 14 nitrogen and oxygen atoms in total. The monoisotopic (exact) mass is 568 g/mol. The Balaban J connectivity index is 1.73. The van der Waals surface area contributed by atoms with Gasteiger partial charge in [-0.1, -0.05) is 24.3 Å². The highest BCUT2D eigenvalue weighted by Crippen LogP contribution is 2.40. The third-order valence-corrected chi connectivity index (χ3v) is 6.59. The summed E-state index contributed by atoms with van der Waals surface area (Å²) in [4.78, 5) is 0. The van der Waals surface area contributed by atoms with Crippen molar-refractivity contribution in [2.24, 2.45) is 0 Å². The summed E-state index contributed by atoms with van der Waals surface area (Å²) in [5.74, 6) is -0.858. The lowest BCUT2D eigenvalue weighted by Crippen LogP contribution is -2.60. The summed E-state index contributed by atoms with van der Waals surface area (Å²) in [6.07, 6.45) is -13.4. The number of aromatic hydroxyl groups is 2. The van der Waals surface area contributed by atoms with Crippen LogP contribution < -0.4 is 9.47 Å². The van der Waals surface area contributed by atoms with Crippen LogP contribution in [0.3, 0.4) is 0 Å². The molecule has 0 bridgehead atoms. The van der Waals surface area contributed by atoms with E-state index in [1.807, 2.05) is 0 Å². The Labute approximate surface area is 227 Å². The molecule has 0 aliphatic carbocycles. The van der Waals surface area contributed by atoms with Crippen LogP contribution in [0.15, 0.2) is 36.4 Å². The number of phenolic OH excluding ortho intramolecular Hbond substituents is 2. The molecule has 0 spiro atoms. The van der Waals surface area contributed by atoms with E-state index in [1.165, 1.54) is 24.3 Å². The number of ether oxygens (including phenoxy) is 4. The fourth-order valence-electron chi connectivity index (χ4n) is 4.29. The van der Waals surface area contributed by atoms with Gasteiger partial charge < -0.3 is 70.0 Å². The highest BCUT2D eigenvalue weighted by Gasteiger charge is 2.47. The van der Waals surface area contributed by atoms with Gasteiger partial charge in [-0.3, -0.25) is 0 Å². The van der Waals surface area contributed by atoms with E-state index in [9.17, 15) is 51.1 Å². The highest BCUT2D eigenvalue weighted by molar-refractivity contribution is 5.75. The van der Waals surface area contributed by atoms with Crippen LogP contribution in [0.5, 0.6) is 23.0 Å². The molecule has 2 aliphatic rings. The Morgan fingerprint density at radius 1 is 0.625 bits per heavy atom. The lowest BCUT2D eigenvalue weighted by molar-refractivity contribution is -0.282. The third kappa shape index (κ3) is 6.31. The second-order valence-corrected chi connectivity index (χ2v) is 9.42. The van der Waals surface area contributed by atoms with Crippen LogP contribution in [-0.4, -0.2) is 126 Å². The van der Waals surface area contributed by atoms with Crippen molar-refractivity contribution in [3.8, 4) is 23.0 Å². The van der Waals surface area contributed by atoms with E-state index in [0.717, 1.165) is 6.07 Å². The molecule has 2 saturated heterocycles. The van der Waals surface area contributed by atoms with Crippen molar-refractivity contribution < 1.29 is 70.0 Å². The molecular formula is C26H32O14. The second-order valence-electron chi connectivity index (χ2n) is 9.42. The normalized spacial score (nSPS) is 34.6. The summed E-state index contributed by atoms with van der Waals surface area (Å²) in [7, 11) is 0. The van der Waals surface area contributed by atoms with Gasteiger partial charge in [-0.25, -0.2) is 0 Å². The average molecular weight is 569 g/mol. The van der Waals surface area contributed by atoms with Crippen molar-refractivity contribution in [2.75, 3.05) is 13.2 Å². The zero-order valence-electron chi connectivity index (χ0n) is 20.9. The van der Waals surface area contributed by atoms with E-state index >= 15 is 0 Å². The molecule has 0 saturated carbocycles. The number of hydrogen-bond acceptors (Lipinski definition) is 14. The number of phenols is 2. The quantitative estimate of drug-likeness (QED) is 0.150. The van der Waals surface area contributed by atoms with Crippen molar-refractivity contribution in [3.05, 3.63) is 47.5 Å². The van der Waals surface area contributed by atoms with Crippen LogP contribution in [0.1, 0.15) is 11.1 Å². The van der Waals surface area contributed by atoms with Gasteiger partial charge in [0.25, 0.3) is 0 Å². The first-order chi connectivity index (χ1) is 19.0. The summed E-state index contributed by atoms with van der Waals surface area (Å²) in [5.41, 5.74) is 0.737. The van der Waals surface area contributed by atoms with Crippen LogP contribution in [0.2, 0.25) is 0 Å². The molecule has 4 rings (SSSR count). The minimum atomic E-state index is -1.81. The van der Waals surface area contributed by atoms with E-state index in [2.05, 4.69) is 0 Å². The topological polar surface area (TPSA) is 239 Å². The molecule has 2 heterocycles. The van der Waals surface area contributed by atoms with Gasteiger partial charge in [-0.05, 0) is 23.8 Å². The molecule has 0 amide bonds. The van der Waals surface area contributed by atoms with E-state index in [1.54, 1.807) is 18.2 Å². The maximum atomic E-state index is 10.5. The summed E-state index contributed by atoms with van der Waals surface area (Å²) < 4.78 is 22.4. The van der Waals surface area contributed by atoms with Crippen molar-refractivity contribution >= 4 is 12.2 Å². The Bertz CT molecular complexity index is 1150. The Morgan fingerprint density at radius 3 is 1.68 bits per heavy atom. The molecule has 2 fully saturated rings. The van der Waals surface area contributed by atoms with Crippen LogP contribution in [0.4, 0.5) is 0 Å². The van der Waals surface area contributed by atoms with Crippen molar-refractivity contribution in [2.45, 2.75) is 61.4 Å². The molecule has 220 valence electrons. The largest absolute Gasteiger partial charge is 0.508 e. The Morgan fingerprint density at radius 2 is 1.15 bits per heavy atom. The smallest absolute Gasteiger partial charge is 0.229 e. The molecule has 14 heteroatoms.